The smallest absolute Gasteiger partial charge is 0.267 e. The Morgan fingerprint density at radius 1 is 1.43 bits per heavy atom. The molecule has 0 bridgehead atoms. The Morgan fingerprint density at radius 3 is 2.90 bits per heavy atom. The van der Waals surface area contributed by atoms with E-state index in [0.29, 0.717) is 28.8 Å². The van der Waals surface area contributed by atoms with E-state index in [4.69, 9.17) is 4.74 Å². The number of carbonyl (C=O) groups excluding carboxylic acids is 1. The lowest BCUT2D eigenvalue weighted by molar-refractivity contribution is 0.102. The summed E-state index contributed by atoms with van der Waals surface area (Å²) in [5.74, 6) is 1.16. The van der Waals surface area contributed by atoms with Crippen LogP contribution in [0.2, 0.25) is 0 Å². The van der Waals surface area contributed by atoms with Gasteiger partial charge in [0.15, 0.2) is 0 Å². The molecule has 1 amide bonds. The molecule has 1 aromatic heterocycles. The monoisotopic (exact) mass is 302 g/mol. The summed E-state index contributed by atoms with van der Waals surface area (Å²) < 4.78 is 5.53. The van der Waals surface area contributed by atoms with Crippen LogP contribution in [0.5, 0.6) is 5.75 Å². The number of nitrogens with zero attached hydrogens (tertiary/aromatic N) is 1. The number of nitrogens with one attached hydrogen (secondary N) is 1. The van der Waals surface area contributed by atoms with E-state index in [1.165, 1.54) is 24.2 Å². The zero-order valence-electron chi connectivity index (χ0n) is 12.2. The molecule has 1 aromatic carbocycles. The van der Waals surface area contributed by atoms with Gasteiger partial charge in [0.25, 0.3) is 5.91 Å². The van der Waals surface area contributed by atoms with Crippen molar-refractivity contribution in [3.63, 3.8) is 0 Å². The van der Waals surface area contributed by atoms with Gasteiger partial charge in [-0.05, 0) is 38.8 Å². The molecule has 1 N–H and O–H groups in total. The van der Waals surface area contributed by atoms with Gasteiger partial charge in [0.2, 0.25) is 0 Å². The highest BCUT2D eigenvalue weighted by Crippen LogP contribution is 2.42. The van der Waals surface area contributed by atoms with Crippen molar-refractivity contribution in [3.05, 3.63) is 39.8 Å². The Hall–Kier alpha value is -1.88. The number of para-hydroxylation sites is 2. The molecule has 0 aliphatic heterocycles. The Balaban J connectivity index is 1.80. The number of amides is 1. The zero-order chi connectivity index (χ0) is 14.8. The highest BCUT2D eigenvalue weighted by atomic mass is 32.1. The lowest BCUT2D eigenvalue weighted by Gasteiger charge is -2.10. The number of carbonyl (C=O) groups is 1. The Kier molecular flexibility index (Phi) is 3.92. The summed E-state index contributed by atoms with van der Waals surface area (Å²) in [4.78, 5) is 17.7. The fourth-order valence-electron chi connectivity index (χ4n) is 2.16. The lowest BCUT2D eigenvalue weighted by atomic mass is 10.2. The van der Waals surface area contributed by atoms with Crippen LogP contribution in [0.25, 0.3) is 0 Å². The first-order valence-corrected chi connectivity index (χ1v) is 8.01. The van der Waals surface area contributed by atoms with Gasteiger partial charge >= 0.3 is 0 Å². The number of ether oxygens (including phenoxy) is 1. The summed E-state index contributed by atoms with van der Waals surface area (Å²) in [5.41, 5.74) is 1.51. The summed E-state index contributed by atoms with van der Waals surface area (Å²) in [6.45, 7) is 4.39. The zero-order valence-corrected chi connectivity index (χ0v) is 13.0. The van der Waals surface area contributed by atoms with Crippen molar-refractivity contribution >= 4 is 22.9 Å². The lowest BCUT2D eigenvalue weighted by Crippen LogP contribution is -2.12. The van der Waals surface area contributed by atoms with Gasteiger partial charge in [0.1, 0.15) is 10.6 Å². The van der Waals surface area contributed by atoms with Gasteiger partial charge in [-0.1, -0.05) is 12.1 Å². The minimum absolute atomic E-state index is 0.107. The van der Waals surface area contributed by atoms with E-state index in [1.54, 1.807) is 0 Å². The summed E-state index contributed by atoms with van der Waals surface area (Å²) in [6, 6.07) is 7.48. The minimum atomic E-state index is -0.107. The molecule has 1 saturated carbocycles. The van der Waals surface area contributed by atoms with Crippen molar-refractivity contribution in [3.8, 4) is 5.75 Å². The van der Waals surface area contributed by atoms with Gasteiger partial charge in [0.05, 0.1) is 23.0 Å². The molecule has 0 spiro atoms. The summed E-state index contributed by atoms with van der Waals surface area (Å²) in [6.07, 6.45) is 2.39. The van der Waals surface area contributed by atoms with Crippen molar-refractivity contribution in [2.24, 2.45) is 0 Å². The van der Waals surface area contributed by atoms with Gasteiger partial charge in [-0.25, -0.2) is 4.98 Å². The predicted molar refractivity (Wildman–Crippen MR) is 84.4 cm³/mol. The number of anilines is 1. The van der Waals surface area contributed by atoms with Crippen molar-refractivity contribution < 1.29 is 9.53 Å². The molecular weight excluding hydrogens is 284 g/mol. The molecule has 4 nitrogen and oxygen atoms in total. The number of rotatable bonds is 5. The van der Waals surface area contributed by atoms with Crippen molar-refractivity contribution in [1.29, 1.82) is 0 Å². The molecule has 2 aromatic rings. The maximum absolute atomic E-state index is 12.5. The van der Waals surface area contributed by atoms with Crippen LogP contribution < -0.4 is 10.1 Å². The predicted octanol–water partition coefficient (Wildman–Crippen LogP) is 3.98. The van der Waals surface area contributed by atoms with Gasteiger partial charge in [-0.15, -0.1) is 11.3 Å². The molecule has 3 rings (SSSR count). The number of hydrogen-bond donors (Lipinski definition) is 1. The van der Waals surface area contributed by atoms with E-state index in [9.17, 15) is 4.79 Å². The van der Waals surface area contributed by atoms with Crippen LogP contribution in [0.4, 0.5) is 5.69 Å². The fraction of sp³-hybridized carbons (Fsp3) is 0.375. The van der Waals surface area contributed by atoms with Gasteiger partial charge < -0.3 is 10.1 Å². The normalized spacial score (nSPS) is 14.0. The average molecular weight is 302 g/mol. The first-order valence-electron chi connectivity index (χ1n) is 7.19. The molecule has 0 unspecified atom stereocenters. The number of thiazole rings is 1. The van der Waals surface area contributed by atoms with Crippen LogP contribution in [0, 0.1) is 6.92 Å². The van der Waals surface area contributed by atoms with Gasteiger partial charge in [-0.3, -0.25) is 4.79 Å². The first-order chi connectivity index (χ1) is 10.2. The van der Waals surface area contributed by atoms with Crippen LogP contribution in [0.3, 0.4) is 0 Å². The third kappa shape index (κ3) is 3.08. The van der Waals surface area contributed by atoms with Crippen LogP contribution in [0.15, 0.2) is 24.3 Å². The Morgan fingerprint density at radius 2 is 2.19 bits per heavy atom. The summed E-state index contributed by atoms with van der Waals surface area (Å²) >= 11 is 1.51. The maximum Gasteiger partial charge on any atom is 0.267 e. The third-order valence-electron chi connectivity index (χ3n) is 3.38. The number of hydrogen-bond acceptors (Lipinski definition) is 4. The standard InChI is InChI=1S/C16H18N2O2S/c1-3-20-13-7-5-4-6-12(13)18-15(19)14-10(2)17-16(21-14)11-8-9-11/h4-7,11H,3,8-9H2,1-2H3,(H,18,19). The van der Waals surface area contributed by atoms with Crippen molar-refractivity contribution in [2.75, 3.05) is 11.9 Å². The number of benzene rings is 1. The SMILES string of the molecule is CCOc1ccccc1NC(=O)c1sc(C2CC2)nc1C. The Bertz CT molecular complexity index is 662. The molecule has 1 fully saturated rings. The second-order valence-corrected chi connectivity index (χ2v) is 6.15. The highest BCUT2D eigenvalue weighted by Gasteiger charge is 2.29. The molecule has 0 radical (unpaired) electrons. The van der Waals surface area contributed by atoms with E-state index in [2.05, 4.69) is 10.3 Å². The molecule has 0 atom stereocenters. The van der Waals surface area contributed by atoms with E-state index < -0.39 is 0 Å². The quantitative estimate of drug-likeness (QED) is 0.909. The van der Waals surface area contributed by atoms with Crippen LogP contribution in [0.1, 0.15) is 46.1 Å². The summed E-state index contributed by atoms with van der Waals surface area (Å²) in [5, 5.41) is 4.02. The van der Waals surface area contributed by atoms with Crippen molar-refractivity contribution in [1.82, 2.24) is 4.98 Å². The fourth-order valence-corrected chi connectivity index (χ4v) is 3.29. The number of aryl methyl sites for hydroxylation is 1. The van der Waals surface area contributed by atoms with Crippen LogP contribution in [-0.4, -0.2) is 17.5 Å². The number of aromatic nitrogens is 1. The van der Waals surface area contributed by atoms with Crippen molar-refractivity contribution in [2.45, 2.75) is 32.6 Å². The van der Waals surface area contributed by atoms with Crippen LogP contribution in [-0.2, 0) is 0 Å². The molecule has 5 heteroatoms. The molecule has 1 aliphatic rings. The first kappa shape index (κ1) is 14.1. The average Bonchev–Trinajstić information content (AvgIpc) is 3.24. The van der Waals surface area contributed by atoms with E-state index in [-0.39, 0.29) is 5.91 Å². The molecule has 110 valence electrons. The minimum Gasteiger partial charge on any atom is -0.492 e. The second-order valence-electron chi connectivity index (χ2n) is 5.12. The molecule has 1 heterocycles. The molecule has 21 heavy (non-hydrogen) atoms. The van der Waals surface area contributed by atoms with Gasteiger partial charge in [-0.2, -0.15) is 0 Å². The van der Waals surface area contributed by atoms with E-state index in [1.807, 2.05) is 38.1 Å². The second kappa shape index (κ2) is 5.85. The maximum atomic E-state index is 12.5. The molecule has 1 aliphatic carbocycles. The Labute approximate surface area is 128 Å². The van der Waals surface area contributed by atoms with Crippen LogP contribution >= 0.6 is 11.3 Å². The van der Waals surface area contributed by atoms with Gasteiger partial charge in [0, 0.05) is 5.92 Å². The van der Waals surface area contributed by atoms with E-state index in [0.717, 1.165) is 10.7 Å². The third-order valence-corrected chi connectivity index (χ3v) is 4.70. The molecule has 0 saturated heterocycles. The van der Waals surface area contributed by atoms with E-state index >= 15 is 0 Å². The topological polar surface area (TPSA) is 51.2 Å². The largest absolute Gasteiger partial charge is 0.492 e. The summed E-state index contributed by atoms with van der Waals surface area (Å²) in [7, 11) is 0. The highest BCUT2D eigenvalue weighted by molar-refractivity contribution is 7.14. The molecular formula is C16H18N2O2S.